The molecule has 2 aliphatic rings. The molecule has 3 aromatic rings. The minimum absolute atomic E-state index is 0.134. The predicted molar refractivity (Wildman–Crippen MR) is 122 cm³/mol. The highest BCUT2D eigenvalue weighted by molar-refractivity contribution is 5.84. The maximum atomic E-state index is 13.8. The highest BCUT2D eigenvalue weighted by Gasteiger charge is 2.31. The van der Waals surface area contributed by atoms with Crippen molar-refractivity contribution in [1.29, 1.82) is 0 Å². The fourth-order valence-electron chi connectivity index (χ4n) is 5.45. The number of carbonyl (C=O) groups is 2. The Labute approximate surface area is 192 Å². The zero-order valence-corrected chi connectivity index (χ0v) is 18.5. The zero-order chi connectivity index (χ0) is 22.9. The van der Waals surface area contributed by atoms with Crippen molar-refractivity contribution in [2.24, 2.45) is 11.8 Å². The minimum Gasteiger partial charge on any atom is -0.481 e. The summed E-state index contributed by atoms with van der Waals surface area (Å²) in [5, 5.41) is 10.3. The quantitative estimate of drug-likeness (QED) is 0.627. The van der Waals surface area contributed by atoms with Crippen LogP contribution < -0.4 is 0 Å². The number of rotatable bonds is 5. The van der Waals surface area contributed by atoms with E-state index in [1.54, 1.807) is 18.3 Å². The molecule has 0 atom stereocenters. The highest BCUT2D eigenvalue weighted by atomic mass is 19.1. The standard InChI is InChI=1S/C26H28FN3O3/c27-20-4-1-3-18(13-20)15-30-23-16-29(12-10-21(23)22-5-2-11-28-25(22)30)24(31)14-17-6-8-19(9-7-17)26(32)33/h1-5,11,13,17,19H,6-10,12,14-16H2,(H,32,33)/t17-,19-. The van der Waals surface area contributed by atoms with Gasteiger partial charge in [-0.1, -0.05) is 12.1 Å². The van der Waals surface area contributed by atoms with Crippen LogP contribution in [-0.2, 0) is 29.1 Å². The molecule has 3 heterocycles. The first kappa shape index (κ1) is 21.6. The summed E-state index contributed by atoms with van der Waals surface area (Å²) < 4.78 is 15.9. The molecule has 7 heteroatoms. The van der Waals surface area contributed by atoms with Gasteiger partial charge in [-0.2, -0.15) is 0 Å². The lowest BCUT2D eigenvalue weighted by Crippen LogP contribution is -2.38. The molecule has 1 aliphatic heterocycles. The van der Waals surface area contributed by atoms with Crippen LogP contribution in [0.25, 0.3) is 11.0 Å². The van der Waals surface area contributed by atoms with Gasteiger partial charge in [-0.3, -0.25) is 9.59 Å². The number of aliphatic carboxylic acids is 1. The summed E-state index contributed by atoms with van der Waals surface area (Å²) in [6.07, 6.45) is 5.93. The third kappa shape index (κ3) is 4.36. The molecule has 1 aromatic carbocycles. The molecule has 1 fully saturated rings. The van der Waals surface area contributed by atoms with Crippen molar-refractivity contribution < 1.29 is 19.1 Å². The minimum atomic E-state index is -0.719. The normalized spacial score (nSPS) is 20.6. The van der Waals surface area contributed by atoms with E-state index in [1.165, 1.54) is 11.6 Å². The third-order valence-corrected chi connectivity index (χ3v) is 7.26. The maximum absolute atomic E-state index is 13.8. The van der Waals surface area contributed by atoms with Crippen LogP contribution in [0.1, 0.15) is 48.9 Å². The number of fused-ring (bicyclic) bond motifs is 3. The third-order valence-electron chi connectivity index (χ3n) is 7.26. The van der Waals surface area contributed by atoms with Gasteiger partial charge in [-0.05, 0) is 73.4 Å². The van der Waals surface area contributed by atoms with Crippen LogP contribution >= 0.6 is 0 Å². The molecule has 33 heavy (non-hydrogen) atoms. The summed E-state index contributed by atoms with van der Waals surface area (Å²) in [4.78, 5) is 30.9. The number of carboxylic acids is 1. The van der Waals surface area contributed by atoms with E-state index in [1.807, 2.05) is 17.0 Å². The number of hydrogen-bond donors (Lipinski definition) is 1. The number of carboxylic acid groups (broad SMARTS) is 1. The van der Waals surface area contributed by atoms with Crippen LogP contribution in [0, 0.1) is 17.7 Å². The van der Waals surface area contributed by atoms with E-state index in [9.17, 15) is 19.1 Å². The van der Waals surface area contributed by atoms with Crippen LogP contribution in [0.3, 0.4) is 0 Å². The van der Waals surface area contributed by atoms with E-state index in [4.69, 9.17) is 0 Å². The Kier molecular flexibility index (Phi) is 5.87. The summed E-state index contributed by atoms with van der Waals surface area (Å²) in [6, 6.07) is 10.6. The first-order chi connectivity index (χ1) is 16.0. The molecule has 1 aliphatic carbocycles. The van der Waals surface area contributed by atoms with Crippen LogP contribution in [0.4, 0.5) is 4.39 Å². The second-order valence-electron chi connectivity index (χ2n) is 9.34. The molecule has 6 nitrogen and oxygen atoms in total. The number of carbonyl (C=O) groups excluding carboxylic acids is 1. The molecular weight excluding hydrogens is 421 g/mol. The first-order valence-corrected chi connectivity index (χ1v) is 11.7. The molecule has 0 spiro atoms. The molecule has 0 radical (unpaired) electrons. The molecule has 1 N–H and O–H groups in total. The summed E-state index contributed by atoms with van der Waals surface area (Å²) in [7, 11) is 0. The fraction of sp³-hybridized carbons (Fsp3) is 0.423. The van der Waals surface area contributed by atoms with E-state index >= 15 is 0 Å². The molecule has 172 valence electrons. The summed E-state index contributed by atoms with van der Waals surface area (Å²) >= 11 is 0. The van der Waals surface area contributed by atoms with Gasteiger partial charge in [0.05, 0.1) is 12.5 Å². The Bertz CT molecular complexity index is 1200. The molecule has 1 saturated carbocycles. The molecule has 5 rings (SSSR count). The Morgan fingerprint density at radius 2 is 1.94 bits per heavy atom. The molecule has 0 unspecified atom stereocenters. The van der Waals surface area contributed by atoms with Gasteiger partial charge >= 0.3 is 5.97 Å². The van der Waals surface area contributed by atoms with Gasteiger partial charge in [-0.15, -0.1) is 0 Å². The summed E-state index contributed by atoms with van der Waals surface area (Å²) in [6.45, 7) is 1.69. The van der Waals surface area contributed by atoms with E-state index in [0.717, 1.165) is 41.6 Å². The molecule has 0 bridgehead atoms. The van der Waals surface area contributed by atoms with Gasteiger partial charge in [0.15, 0.2) is 0 Å². The molecular formula is C26H28FN3O3. The number of pyridine rings is 1. The van der Waals surface area contributed by atoms with Gasteiger partial charge < -0.3 is 14.6 Å². The number of hydrogen-bond acceptors (Lipinski definition) is 3. The smallest absolute Gasteiger partial charge is 0.306 e. The van der Waals surface area contributed by atoms with Crippen molar-refractivity contribution >= 4 is 22.9 Å². The Morgan fingerprint density at radius 1 is 1.12 bits per heavy atom. The number of aromatic nitrogens is 2. The lowest BCUT2D eigenvalue weighted by Gasteiger charge is -2.31. The van der Waals surface area contributed by atoms with E-state index in [-0.39, 0.29) is 23.6 Å². The lowest BCUT2D eigenvalue weighted by atomic mass is 9.80. The van der Waals surface area contributed by atoms with Gasteiger partial charge in [0.2, 0.25) is 5.91 Å². The van der Waals surface area contributed by atoms with Gasteiger partial charge in [0.25, 0.3) is 0 Å². The number of amides is 1. The van der Waals surface area contributed by atoms with Crippen LogP contribution in [0.5, 0.6) is 0 Å². The Morgan fingerprint density at radius 3 is 2.70 bits per heavy atom. The maximum Gasteiger partial charge on any atom is 0.306 e. The van der Waals surface area contributed by atoms with Crippen molar-refractivity contribution in [3.63, 3.8) is 0 Å². The number of nitrogens with zero attached hydrogens (tertiary/aromatic N) is 3. The van der Waals surface area contributed by atoms with Crippen molar-refractivity contribution in [3.05, 3.63) is 65.2 Å². The van der Waals surface area contributed by atoms with Crippen molar-refractivity contribution in [2.45, 2.75) is 51.6 Å². The number of benzene rings is 1. The average molecular weight is 450 g/mol. The van der Waals surface area contributed by atoms with Gasteiger partial charge in [-0.25, -0.2) is 9.37 Å². The van der Waals surface area contributed by atoms with Crippen LogP contribution in [0.2, 0.25) is 0 Å². The lowest BCUT2D eigenvalue weighted by molar-refractivity contribution is -0.143. The van der Waals surface area contributed by atoms with Crippen molar-refractivity contribution in [2.75, 3.05) is 6.54 Å². The van der Waals surface area contributed by atoms with Crippen LogP contribution in [0.15, 0.2) is 42.6 Å². The Hall–Kier alpha value is -3.22. The predicted octanol–water partition coefficient (Wildman–Crippen LogP) is 4.39. The average Bonchev–Trinajstić information content (AvgIpc) is 3.12. The highest BCUT2D eigenvalue weighted by Crippen LogP contribution is 2.34. The first-order valence-electron chi connectivity index (χ1n) is 11.7. The van der Waals surface area contributed by atoms with E-state index < -0.39 is 5.97 Å². The van der Waals surface area contributed by atoms with E-state index in [0.29, 0.717) is 38.9 Å². The second kappa shape index (κ2) is 8.96. The Balaban J connectivity index is 1.36. The SMILES string of the molecule is O=C(C[C@H]1CC[C@H](C(=O)O)CC1)N1CCc2c(n(Cc3cccc(F)c3)c3ncccc23)C1. The molecule has 2 aromatic heterocycles. The van der Waals surface area contributed by atoms with Gasteiger partial charge in [0.1, 0.15) is 11.5 Å². The van der Waals surface area contributed by atoms with Crippen LogP contribution in [-0.4, -0.2) is 38.0 Å². The zero-order valence-electron chi connectivity index (χ0n) is 18.5. The second-order valence-corrected chi connectivity index (χ2v) is 9.34. The molecule has 0 saturated heterocycles. The molecule has 1 amide bonds. The van der Waals surface area contributed by atoms with Gasteiger partial charge in [0, 0.05) is 36.8 Å². The van der Waals surface area contributed by atoms with E-state index in [2.05, 4.69) is 15.6 Å². The largest absolute Gasteiger partial charge is 0.481 e. The monoisotopic (exact) mass is 449 g/mol. The topological polar surface area (TPSA) is 75.4 Å². The fourth-order valence-corrected chi connectivity index (χ4v) is 5.45. The van der Waals surface area contributed by atoms with Crippen molar-refractivity contribution in [3.8, 4) is 0 Å². The van der Waals surface area contributed by atoms with Crippen molar-refractivity contribution in [1.82, 2.24) is 14.5 Å². The summed E-state index contributed by atoms with van der Waals surface area (Å²) in [5.74, 6) is -0.854. The summed E-state index contributed by atoms with van der Waals surface area (Å²) in [5.41, 5.74) is 4.02. The number of halogens is 1.